The highest BCUT2D eigenvalue weighted by Crippen LogP contribution is 2.29. The Balaban J connectivity index is 2.32. The van der Waals surface area contributed by atoms with Gasteiger partial charge in [-0.15, -0.1) is 0 Å². The van der Waals surface area contributed by atoms with Crippen LogP contribution in [0.5, 0.6) is 0 Å². The summed E-state index contributed by atoms with van der Waals surface area (Å²) in [5.74, 6) is -2.68. The van der Waals surface area contributed by atoms with Crippen molar-refractivity contribution in [2.24, 2.45) is 0 Å². The minimum absolute atomic E-state index is 0.0559. The quantitative estimate of drug-likeness (QED) is 0.232. The van der Waals surface area contributed by atoms with E-state index in [-0.39, 0.29) is 25.4 Å². The summed E-state index contributed by atoms with van der Waals surface area (Å²) in [6.45, 7) is 5.10. The molecule has 0 bridgehead atoms. The molecule has 0 amide bonds. The molecule has 4 unspecified atom stereocenters. The van der Waals surface area contributed by atoms with Crippen molar-refractivity contribution in [3.05, 3.63) is 41.7 Å². The van der Waals surface area contributed by atoms with Gasteiger partial charge in [0.05, 0.1) is 13.0 Å². The molecule has 10 heteroatoms. The highest BCUT2D eigenvalue weighted by molar-refractivity contribution is 5.91. The molecular formula is C23H28O10. The first-order valence-corrected chi connectivity index (χ1v) is 10.4. The van der Waals surface area contributed by atoms with Crippen LogP contribution >= 0.6 is 0 Å². The molecule has 1 saturated heterocycles. The summed E-state index contributed by atoms with van der Waals surface area (Å²) in [6, 6.07) is 8.95. The Labute approximate surface area is 191 Å². The molecule has 0 radical (unpaired) electrons. The van der Waals surface area contributed by atoms with Crippen molar-refractivity contribution < 1.29 is 47.6 Å². The Kier molecular flexibility index (Phi) is 9.86. The molecule has 1 aromatic carbocycles. The summed E-state index contributed by atoms with van der Waals surface area (Å²) in [7, 11) is 0. The number of benzene rings is 1. The Bertz CT molecular complexity index is 863. The predicted octanol–water partition coefficient (Wildman–Crippen LogP) is 2.15. The van der Waals surface area contributed by atoms with E-state index in [4.69, 9.17) is 28.4 Å². The lowest BCUT2D eigenvalue weighted by atomic mass is 10.0. The van der Waals surface area contributed by atoms with Gasteiger partial charge in [-0.2, -0.15) is 0 Å². The lowest BCUT2D eigenvalue weighted by Gasteiger charge is -2.39. The fourth-order valence-corrected chi connectivity index (χ4v) is 3.16. The van der Waals surface area contributed by atoms with Gasteiger partial charge >= 0.3 is 23.9 Å². The molecule has 1 aromatic rings. The van der Waals surface area contributed by atoms with E-state index in [0.717, 1.165) is 0 Å². The molecule has 2 rings (SSSR count). The SMILES string of the molecule is CCOC(=O)/C(=C/c1ccccc1)OC1CC(OC(C)=O)C(OC(C)=O)C(COC(C)=O)O1. The summed E-state index contributed by atoms with van der Waals surface area (Å²) in [5.41, 5.74) is 0.683. The zero-order chi connectivity index (χ0) is 24.4. The number of rotatable bonds is 9. The smallest absolute Gasteiger partial charge is 0.373 e. The Morgan fingerprint density at radius 3 is 2.18 bits per heavy atom. The Morgan fingerprint density at radius 2 is 1.61 bits per heavy atom. The minimum Gasteiger partial charge on any atom is -0.463 e. The molecule has 1 heterocycles. The predicted molar refractivity (Wildman–Crippen MR) is 113 cm³/mol. The van der Waals surface area contributed by atoms with E-state index in [2.05, 4.69) is 0 Å². The maximum absolute atomic E-state index is 12.5. The lowest BCUT2D eigenvalue weighted by molar-refractivity contribution is -0.257. The first kappa shape index (κ1) is 25.9. The van der Waals surface area contributed by atoms with E-state index >= 15 is 0 Å². The van der Waals surface area contributed by atoms with E-state index in [0.29, 0.717) is 5.56 Å². The molecular weight excluding hydrogens is 436 g/mol. The van der Waals surface area contributed by atoms with Gasteiger partial charge in [-0.3, -0.25) is 14.4 Å². The molecule has 0 N–H and O–H groups in total. The third kappa shape index (κ3) is 8.57. The minimum atomic E-state index is -1.10. The molecule has 0 aromatic heterocycles. The van der Waals surface area contributed by atoms with Crippen LogP contribution in [0.2, 0.25) is 0 Å². The number of carbonyl (C=O) groups is 4. The third-order valence-corrected chi connectivity index (χ3v) is 4.39. The average molecular weight is 464 g/mol. The zero-order valence-electron chi connectivity index (χ0n) is 19.0. The van der Waals surface area contributed by atoms with Gasteiger partial charge in [0.25, 0.3) is 0 Å². The molecule has 1 aliphatic rings. The van der Waals surface area contributed by atoms with Gasteiger partial charge in [0.15, 0.2) is 6.10 Å². The number of carbonyl (C=O) groups excluding carboxylic acids is 4. The molecule has 0 aliphatic carbocycles. The van der Waals surface area contributed by atoms with Gasteiger partial charge in [-0.25, -0.2) is 4.79 Å². The van der Waals surface area contributed by atoms with Gasteiger partial charge in [-0.05, 0) is 18.6 Å². The topological polar surface area (TPSA) is 124 Å². The summed E-state index contributed by atoms with van der Waals surface area (Å²) in [4.78, 5) is 47.1. The standard InChI is InChI=1S/C23H28O10/c1-5-28-23(27)19(11-17-9-7-6-8-10-17)32-21-12-18(30-15(3)25)22(31-16(4)26)20(33-21)13-29-14(2)24/h6-11,18,20-22H,5,12-13H2,1-4H3/b19-11-. The van der Waals surface area contributed by atoms with Crippen LogP contribution in [0.4, 0.5) is 0 Å². The van der Waals surface area contributed by atoms with Crippen molar-refractivity contribution in [2.75, 3.05) is 13.2 Å². The number of hydrogen-bond acceptors (Lipinski definition) is 10. The van der Waals surface area contributed by atoms with Crippen molar-refractivity contribution in [3.8, 4) is 0 Å². The lowest BCUT2D eigenvalue weighted by Crippen LogP contribution is -2.54. The van der Waals surface area contributed by atoms with Crippen LogP contribution in [0.1, 0.15) is 39.7 Å². The molecule has 0 saturated carbocycles. The van der Waals surface area contributed by atoms with Crippen molar-refractivity contribution in [3.63, 3.8) is 0 Å². The number of esters is 4. The summed E-state index contributed by atoms with van der Waals surface area (Å²) in [6.07, 6.45) is -2.69. The molecule has 1 fully saturated rings. The summed E-state index contributed by atoms with van der Waals surface area (Å²) < 4.78 is 32.4. The summed E-state index contributed by atoms with van der Waals surface area (Å²) in [5, 5.41) is 0. The Morgan fingerprint density at radius 1 is 0.939 bits per heavy atom. The van der Waals surface area contributed by atoms with E-state index in [1.807, 2.05) is 6.07 Å². The molecule has 4 atom stereocenters. The van der Waals surface area contributed by atoms with Gasteiger partial charge in [0, 0.05) is 20.8 Å². The van der Waals surface area contributed by atoms with Gasteiger partial charge in [-0.1, -0.05) is 30.3 Å². The van der Waals surface area contributed by atoms with Crippen molar-refractivity contribution in [2.45, 2.75) is 58.7 Å². The van der Waals surface area contributed by atoms with E-state index in [1.54, 1.807) is 31.2 Å². The van der Waals surface area contributed by atoms with E-state index < -0.39 is 48.5 Å². The first-order valence-electron chi connectivity index (χ1n) is 10.4. The molecule has 33 heavy (non-hydrogen) atoms. The normalized spacial score (nSPS) is 22.6. The van der Waals surface area contributed by atoms with Crippen LogP contribution < -0.4 is 0 Å². The van der Waals surface area contributed by atoms with Crippen LogP contribution in [0, 0.1) is 0 Å². The van der Waals surface area contributed by atoms with Gasteiger partial charge in [0.1, 0.15) is 18.8 Å². The van der Waals surface area contributed by atoms with E-state index in [9.17, 15) is 19.2 Å². The summed E-state index contributed by atoms with van der Waals surface area (Å²) >= 11 is 0. The van der Waals surface area contributed by atoms with Crippen LogP contribution in [0.3, 0.4) is 0 Å². The fourth-order valence-electron chi connectivity index (χ4n) is 3.16. The molecule has 180 valence electrons. The second kappa shape index (κ2) is 12.6. The van der Waals surface area contributed by atoms with Crippen LogP contribution in [-0.4, -0.2) is 61.7 Å². The maximum Gasteiger partial charge on any atom is 0.373 e. The van der Waals surface area contributed by atoms with Crippen LogP contribution in [0.25, 0.3) is 6.08 Å². The number of ether oxygens (including phenoxy) is 6. The highest BCUT2D eigenvalue weighted by atomic mass is 16.7. The molecule has 0 spiro atoms. The second-order valence-corrected chi connectivity index (χ2v) is 7.12. The average Bonchev–Trinajstić information content (AvgIpc) is 2.74. The largest absolute Gasteiger partial charge is 0.463 e. The van der Waals surface area contributed by atoms with Crippen molar-refractivity contribution in [1.82, 2.24) is 0 Å². The van der Waals surface area contributed by atoms with Crippen molar-refractivity contribution in [1.29, 1.82) is 0 Å². The maximum atomic E-state index is 12.5. The van der Waals surface area contributed by atoms with Gasteiger partial charge in [0.2, 0.25) is 12.0 Å². The molecule has 10 nitrogen and oxygen atoms in total. The van der Waals surface area contributed by atoms with Crippen LogP contribution in [-0.2, 0) is 47.6 Å². The Hall–Kier alpha value is -3.40. The second-order valence-electron chi connectivity index (χ2n) is 7.12. The monoisotopic (exact) mass is 464 g/mol. The zero-order valence-corrected chi connectivity index (χ0v) is 19.0. The third-order valence-electron chi connectivity index (χ3n) is 4.39. The van der Waals surface area contributed by atoms with Crippen LogP contribution in [0.15, 0.2) is 36.1 Å². The number of hydrogen-bond donors (Lipinski definition) is 0. The first-order chi connectivity index (χ1) is 15.7. The van der Waals surface area contributed by atoms with Gasteiger partial charge < -0.3 is 28.4 Å². The fraction of sp³-hybridized carbons (Fsp3) is 0.478. The molecule has 1 aliphatic heterocycles. The highest BCUT2D eigenvalue weighted by Gasteiger charge is 2.45. The van der Waals surface area contributed by atoms with E-state index in [1.165, 1.54) is 26.8 Å². The van der Waals surface area contributed by atoms with Crippen molar-refractivity contribution >= 4 is 30.0 Å².